The first-order chi connectivity index (χ1) is 14.3. The lowest BCUT2D eigenvalue weighted by Gasteiger charge is -2.11. The minimum Gasteiger partial charge on any atom is -0.497 e. The number of halogens is 2. The summed E-state index contributed by atoms with van der Waals surface area (Å²) in [5, 5.41) is 0.0720. The van der Waals surface area contributed by atoms with E-state index in [-0.39, 0.29) is 16.5 Å². The molecule has 3 aromatic rings. The van der Waals surface area contributed by atoms with E-state index in [1.165, 1.54) is 13.2 Å². The number of rotatable bonds is 6. The molecule has 0 aliphatic carbocycles. The number of fused-ring (bicyclic) bond motifs is 1. The van der Waals surface area contributed by atoms with Crippen molar-refractivity contribution in [2.24, 2.45) is 0 Å². The number of imidazole rings is 1. The second-order valence-corrected chi connectivity index (χ2v) is 8.81. The molecule has 0 saturated heterocycles. The molecule has 0 radical (unpaired) electrons. The zero-order valence-electron chi connectivity index (χ0n) is 15.9. The van der Waals surface area contributed by atoms with Gasteiger partial charge in [-0.15, -0.1) is 0 Å². The lowest BCUT2D eigenvalue weighted by molar-refractivity contribution is 0.103. The van der Waals surface area contributed by atoms with Gasteiger partial charge < -0.3 is 9.30 Å². The average Bonchev–Trinajstić information content (AvgIpc) is 3.27. The summed E-state index contributed by atoms with van der Waals surface area (Å²) in [6, 6.07) is 9.71. The Labute approximate surface area is 177 Å². The summed E-state index contributed by atoms with van der Waals surface area (Å²) in [7, 11) is -2.81. The minimum absolute atomic E-state index is 0.0720. The number of hydrogen-bond acceptors (Lipinski definition) is 5. The fraction of sp³-hybridized carbons (Fsp3) is 0.200. The first-order valence-electron chi connectivity index (χ1n) is 9.06. The van der Waals surface area contributed by atoms with Crippen LogP contribution in [0.2, 0.25) is 5.02 Å². The van der Waals surface area contributed by atoms with Crippen LogP contribution in [0.25, 0.3) is 0 Å². The van der Waals surface area contributed by atoms with Gasteiger partial charge in [-0.05, 0) is 48.9 Å². The highest BCUT2D eigenvalue weighted by molar-refractivity contribution is 7.92. The molecule has 30 heavy (non-hydrogen) atoms. The van der Waals surface area contributed by atoms with Gasteiger partial charge in [-0.3, -0.25) is 9.52 Å². The predicted octanol–water partition coefficient (Wildman–Crippen LogP) is 3.66. The van der Waals surface area contributed by atoms with Gasteiger partial charge in [0, 0.05) is 23.6 Å². The number of nitrogens with one attached hydrogen (secondary N) is 1. The normalized spacial score (nSPS) is 13.2. The third kappa shape index (κ3) is 3.66. The van der Waals surface area contributed by atoms with Crippen LogP contribution in [0.15, 0.2) is 47.4 Å². The molecular formula is C20H17ClFN3O4S. The number of benzene rings is 2. The van der Waals surface area contributed by atoms with Gasteiger partial charge in [-0.25, -0.2) is 17.8 Å². The molecule has 1 N–H and O–H groups in total. The molecule has 10 heteroatoms. The van der Waals surface area contributed by atoms with Crippen molar-refractivity contribution in [3.63, 3.8) is 0 Å². The molecule has 1 aromatic heterocycles. The number of anilines is 1. The lowest BCUT2D eigenvalue weighted by atomic mass is 10.1. The maximum atomic E-state index is 14.2. The molecule has 0 unspecified atom stereocenters. The summed E-state index contributed by atoms with van der Waals surface area (Å²) < 4.78 is 48.8. The molecule has 2 heterocycles. The van der Waals surface area contributed by atoms with E-state index in [1.54, 1.807) is 28.8 Å². The number of sulfonamides is 1. The summed E-state index contributed by atoms with van der Waals surface area (Å²) >= 11 is 5.71. The number of carbonyl (C=O) groups is 1. The number of aryl methyl sites for hydroxylation is 1. The molecule has 1 aliphatic rings. The summed E-state index contributed by atoms with van der Waals surface area (Å²) in [5.74, 6) is -0.331. The zero-order valence-corrected chi connectivity index (χ0v) is 17.4. The zero-order chi connectivity index (χ0) is 21.5. The molecule has 1 aliphatic heterocycles. The SMILES string of the molecule is COc1ccc(C(=O)c2c(NS(=O)(=O)c3ccc(Cl)cc3F)nc3n2CCC3)cc1. The van der Waals surface area contributed by atoms with Crippen LogP contribution in [0.5, 0.6) is 5.75 Å². The maximum absolute atomic E-state index is 14.2. The molecule has 0 saturated carbocycles. The van der Waals surface area contributed by atoms with E-state index >= 15 is 0 Å². The van der Waals surface area contributed by atoms with Crippen LogP contribution in [-0.4, -0.2) is 30.9 Å². The summed E-state index contributed by atoms with van der Waals surface area (Å²) in [6.07, 6.45) is 1.41. The van der Waals surface area contributed by atoms with Gasteiger partial charge in [-0.1, -0.05) is 11.6 Å². The fourth-order valence-corrected chi connectivity index (χ4v) is 4.61. The van der Waals surface area contributed by atoms with Crippen molar-refractivity contribution in [2.75, 3.05) is 11.8 Å². The minimum atomic E-state index is -4.33. The highest BCUT2D eigenvalue weighted by atomic mass is 35.5. The van der Waals surface area contributed by atoms with Crippen molar-refractivity contribution in [1.82, 2.24) is 9.55 Å². The van der Waals surface area contributed by atoms with Gasteiger partial charge in [0.1, 0.15) is 28.0 Å². The third-order valence-electron chi connectivity index (χ3n) is 4.81. The molecule has 0 fully saturated rings. The van der Waals surface area contributed by atoms with Crippen LogP contribution in [0, 0.1) is 5.82 Å². The molecular weight excluding hydrogens is 433 g/mol. The summed E-state index contributed by atoms with van der Waals surface area (Å²) in [6.45, 7) is 0.538. The summed E-state index contributed by atoms with van der Waals surface area (Å²) in [4.78, 5) is 16.9. The number of aromatic nitrogens is 2. The van der Waals surface area contributed by atoms with E-state index in [9.17, 15) is 17.6 Å². The molecule has 2 aromatic carbocycles. The van der Waals surface area contributed by atoms with Crippen LogP contribution in [0.4, 0.5) is 10.2 Å². The van der Waals surface area contributed by atoms with Crippen LogP contribution in [-0.2, 0) is 23.0 Å². The summed E-state index contributed by atoms with van der Waals surface area (Å²) in [5.41, 5.74) is 0.467. The average molecular weight is 450 g/mol. The Morgan fingerprint density at radius 2 is 1.97 bits per heavy atom. The van der Waals surface area contributed by atoms with Crippen molar-refractivity contribution < 1.29 is 22.3 Å². The van der Waals surface area contributed by atoms with Gasteiger partial charge >= 0.3 is 0 Å². The van der Waals surface area contributed by atoms with E-state index in [2.05, 4.69) is 9.71 Å². The molecule has 0 bridgehead atoms. The number of carbonyl (C=O) groups excluding carboxylic acids is 1. The smallest absolute Gasteiger partial charge is 0.266 e. The molecule has 0 atom stereocenters. The van der Waals surface area contributed by atoms with Crippen molar-refractivity contribution in [3.05, 3.63) is 70.4 Å². The Hall–Kier alpha value is -2.91. The van der Waals surface area contributed by atoms with Gasteiger partial charge in [-0.2, -0.15) is 0 Å². The van der Waals surface area contributed by atoms with Crippen molar-refractivity contribution in [1.29, 1.82) is 0 Å². The number of ketones is 1. The largest absolute Gasteiger partial charge is 0.497 e. The van der Waals surface area contributed by atoms with E-state index in [0.29, 0.717) is 30.1 Å². The number of ether oxygens (including phenoxy) is 1. The van der Waals surface area contributed by atoms with E-state index in [4.69, 9.17) is 16.3 Å². The van der Waals surface area contributed by atoms with Gasteiger partial charge in [0.2, 0.25) is 5.78 Å². The number of nitrogens with zero attached hydrogens (tertiary/aromatic N) is 2. The second-order valence-electron chi connectivity index (χ2n) is 6.72. The van der Waals surface area contributed by atoms with Gasteiger partial charge in [0.25, 0.3) is 10.0 Å². The van der Waals surface area contributed by atoms with E-state index in [1.807, 2.05) is 0 Å². The van der Waals surface area contributed by atoms with Crippen LogP contribution < -0.4 is 9.46 Å². The Morgan fingerprint density at radius 3 is 2.63 bits per heavy atom. The monoisotopic (exact) mass is 449 g/mol. The molecule has 0 amide bonds. The molecule has 0 spiro atoms. The molecule has 7 nitrogen and oxygen atoms in total. The van der Waals surface area contributed by atoms with Crippen molar-refractivity contribution in [3.8, 4) is 5.75 Å². The van der Waals surface area contributed by atoms with E-state index in [0.717, 1.165) is 18.6 Å². The van der Waals surface area contributed by atoms with Gasteiger partial charge in [0.15, 0.2) is 5.82 Å². The highest BCUT2D eigenvalue weighted by Gasteiger charge is 2.30. The molecule has 156 valence electrons. The van der Waals surface area contributed by atoms with Crippen LogP contribution in [0.1, 0.15) is 28.3 Å². The van der Waals surface area contributed by atoms with Crippen LogP contribution >= 0.6 is 11.6 Å². The third-order valence-corrected chi connectivity index (χ3v) is 6.42. The highest BCUT2D eigenvalue weighted by Crippen LogP contribution is 2.29. The first-order valence-corrected chi connectivity index (χ1v) is 10.9. The van der Waals surface area contributed by atoms with Crippen molar-refractivity contribution >= 4 is 33.2 Å². The standard InChI is InChI=1S/C20H17ClFN3O4S/c1-29-14-7-4-12(5-8-14)19(26)18-20(23-17-3-2-10-25(17)18)24-30(27,28)16-9-6-13(21)11-15(16)22/h4-9,11,24H,2-3,10H2,1H3. The lowest BCUT2D eigenvalue weighted by Crippen LogP contribution is -2.18. The van der Waals surface area contributed by atoms with Crippen LogP contribution in [0.3, 0.4) is 0 Å². The first kappa shape index (κ1) is 20.4. The predicted molar refractivity (Wildman–Crippen MR) is 109 cm³/mol. The Balaban J connectivity index is 1.75. The quantitative estimate of drug-likeness (QED) is 0.580. The Morgan fingerprint density at radius 1 is 1.23 bits per heavy atom. The Bertz CT molecular complexity index is 1240. The van der Waals surface area contributed by atoms with Crippen molar-refractivity contribution in [2.45, 2.75) is 24.3 Å². The molecule has 4 rings (SSSR count). The second kappa shape index (κ2) is 7.73. The topological polar surface area (TPSA) is 90.3 Å². The number of hydrogen-bond donors (Lipinski definition) is 1. The fourth-order valence-electron chi connectivity index (χ4n) is 3.38. The maximum Gasteiger partial charge on any atom is 0.266 e. The van der Waals surface area contributed by atoms with E-state index < -0.39 is 26.5 Å². The number of methoxy groups -OCH3 is 1. The Kier molecular flexibility index (Phi) is 5.25. The van der Waals surface area contributed by atoms with Gasteiger partial charge in [0.05, 0.1) is 7.11 Å².